The van der Waals surface area contributed by atoms with Crippen LogP contribution in [0, 0.1) is 5.92 Å². The summed E-state index contributed by atoms with van der Waals surface area (Å²) in [5.41, 5.74) is 0.500. The van der Waals surface area contributed by atoms with Crippen LogP contribution >= 0.6 is 0 Å². The van der Waals surface area contributed by atoms with Crippen LogP contribution < -0.4 is 14.2 Å². The lowest BCUT2D eigenvalue weighted by Gasteiger charge is -2.50. The van der Waals surface area contributed by atoms with Gasteiger partial charge in [0.25, 0.3) is 0 Å². The summed E-state index contributed by atoms with van der Waals surface area (Å²) in [6.45, 7) is 17.2. The lowest BCUT2D eigenvalue weighted by Crippen LogP contribution is -2.65. The molecule has 0 aliphatic carbocycles. The lowest BCUT2D eigenvalue weighted by atomic mass is 9.94. The highest BCUT2D eigenvalue weighted by Gasteiger charge is 2.52. The normalized spacial score (nSPS) is 20.5. The van der Waals surface area contributed by atoms with Crippen LogP contribution in [0.1, 0.15) is 82.5 Å². The Morgan fingerprint density at radius 3 is 2.10 bits per heavy atom. The standard InChI is InChI=1S/C33H52O5Si2/c1-8-10-12-13-14-24-35-28-18-16-27(17-19-28)33(34)37-30-22-20-29(21-23-30)36-32(15-11-9-2)31-25-39(4,5)40(6,7)38-26(31)3/h16-23,26,31-32H,8-15,24-25H2,1-7H3. The maximum Gasteiger partial charge on any atom is 0.343 e. The van der Waals surface area contributed by atoms with Crippen LogP contribution in [-0.4, -0.2) is 40.2 Å². The number of rotatable bonds is 15. The number of hydrogen-bond acceptors (Lipinski definition) is 5. The Kier molecular flexibility index (Phi) is 12.3. The zero-order chi connectivity index (χ0) is 29.2. The highest BCUT2D eigenvalue weighted by molar-refractivity contribution is 7.38. The first-order valence-electron chi connectivity index (χ1n) is 15.5. The quantitative estimate of drug-likeness (QED) is 0.0904. The fraction of sp³-hybridized carbons (Fsp3) is 0.606. The molecule has 3 rings (SSSR count). The Morgan fingerprint density at radius 2 is 1.45 bits per heavy atom. The predicted octanol–water partition coefficient (Wildman–Crippen LogP) is 9.22. The van der Waals surface area contributed by atoms with Gasteiger partial charge in [0, 0.05) is 12.0 Å². The molecule has 1 saturated heterocycles. The van der Waals surface area contributed by atoms with E-state index in [1.54, 1.807) is 12.1 Å². The third kappa shape index (κ3) is 9.21. The van der Waals surface area contributed by atoms with E-state index < -0.39 is 15.4 Å². The number of esters is 1. The molecule has 1 heterocycles. The minimum atomic E-state index is -1.63. The van der Waals surface area contributed by atoms with E-state index in [4.69, 9.17) is 18.6 Å². The molecule has 1 aliphatic heterocycles. The van der Waals surface area contributed by atoms with Gasteiger partial charge in [0.2, 0.25) is 0 Å². The summed E-state index contributed by atoms with van der Waals surface area (Å²) in [5.74, 6) is 2.11. The zero-order valence-electron chi connectivity index (χ0n) is 26.0. The number of carbonyl (C=O) groups is 1. The molecule has 5 nitrogen and oxygen atoms in total. The molecular weight excluding hydrogens is 533 g/mol. The fourth-order valence-corrected chi connectivity index (χ4v) is 12.8. The van der Waals surface area contributed by atoms with Gasteiger partial charge in [0.05, 0.1) is 19.8 Å². The predicted molar refractivity (Wildman–Crippen MR) is 170 cm³/mol. The van der Waals surface area contributed by atoms with E-state index in [9.17, 15) is 4.79 Å². The van der Waals surface area contributed by atoms with Crippen molar-refractivity contribution >= 4 is 21.4 Å². The van der Waals surface area contributed by atoms with Gasteiger partial charge in [0.1, 0.15) is 23.4 Å². The van der Waals surface area contributed by atoms with Gasteiger partial charge in [-0.05, 0) is 87.4 Å². The topological polar surface area (TPSA) is 54.0 Å². The molecule has 0 saturated carbocycles. The van der Waals surface area contributed by atoms with Gasteiger partial charge in [-0.25, -0.2) is 4.79 Å². The molecule has 40 heavy (non-hydrogen) atoms. The summed E-state index contributed by atoms with van der Waals surface area (Å²) in [6.07, 6.45) is 9.65. The van der Waals surface area contributed by atoms with Gasteiger partial charge in [-0.15, -0.1) is 0 Å². The SMILES string of the molecule is CCCCCCCOc1ccc(C(=O)Oc2ccc(OC(CCCC)C3C[Si](C)(C)[Si](C)(C)OC3C)cc2)cc1. The second kappa shape index (κ2) is 15.2. The van der Waals surface area contributed by atoms with Crippen molar-refractivity contribution in [3.05, 3.63) is 54.1 Å². The highest BCUT2D eigenvalue weighted by atomic mass is 29.3. The Morgan fingerprint density at radius 1 is 0.850 bits per heavy atom. The summed E-state index contributed by atoms with van der Waals surface area (Å²) in [4.78, 5) is 12.7. The number of unbranched alkanes of at least 4 members (excludes halogenated alkanes) is 5. The fourth-order valence-electron chi connectivity index (χ4n) is 5.42. The molecule has 2 aromatic rings. The van der Waals surface area contributed by atoms with Crippen LogP contribution in [-0.2, 0) is 4.43 Å². The third-order valence-electron chi connectivity index (χ3n) is 8.71. The van der Waals surface area contributed by atoms with Crippen LogP contribution in [0.5, 0.6) is 17.2 Å². The molecule has 7 heteroatoms. The Bertz CT molecular complexity index is 1040. The molecule has 1 aliphatic rings. The van der Waals surface area contributed by atoms with Crippen molar-refractivity contribution in [3.63, 3.8) is 0 Å². The molecule has 1 fully saturated rings. The molecule has 2 aromatic carbocycles. The summed E-state index contributed by atoms with van der Waals surface area (Å²) in [5, 5.41) is 0. The smallest absolute Gasteiger partial charge is 0.343 e. The minimum Gasteiger partial charge on any atom is -0.494 e. The van der Waals surface area contributed by atoms with Crippen molar-refractivity contribution < 1.29 is 23.4 Å². The van der Waals surface area contributed by atoms with E-state index in [2.05, 4.69) is 47.0 Å². The Hall–Kier alpha value is -2.10. The first kappa shape index (κ1) is 32.4. The molecule has 0 N–H and O–H groups in total. The van der Waals surface area contributed by atoms with E-state index in [0.29, 0.717) is 23.8 Å². The second-order valence-electron chi connectivity index (χ2n) is 12.5. The van der Waals surface area contributed by atoms with Gasteiger partial charge in [-0.1, -0.05) is 65.5 Å². The monoisotopic (exact) mass is 584 g/mol. The van der Waals surface area contributed by atoms with Crippen LogP contribution in [0.4, 0.5) is 0 Å². The van der Waals surface area contributed by atoms with Crippen LogP contribution in [0.15, 0.2) is 48.5 Å². The molecule has 0 amide bonds. The summed E-state index contributed by atoms with van der Waals surface area (Å²) in [7, 11) is -3.08. The zero-order valence-corrected chi connectivity index (χ0v) is 28.0. The lowest BCUT2D eigenvalue weighted by molar-refractivity contribution is 0.0446. The van der Waals surface area contributed by atoms with Crippen molar-refractivity contribution in [2.24, 2.45) is 5.92 Å². The first-order chi connectivity index (χ1) is 19.1. The van der Waals surface area contributed by atoms with E-state index in [-0.39, 0.29) is 18.2 Å². The number of benzene rings is 2. The van der Waals surface area contributed by atoms with Crippen molar-refractivity contribution in [1.82, 2.24) is 0 Å². The van der Waals surface area contributed by atoms with Crippen molar-refractivity contribution in [2.75, 3.05) is 6.61 Å². The molecular formula is C33H52O5Si2. The Labute approximate surface area is 244 Å². The van der Waals surface area contributed by atoms with Crippen LogP contribution in [0.3, 0.4) is 0 Å². The molecule has 0 spiro atoms. The Balaban J connectivity index is 1.55. The van der Waals surface area contributed by atoms with E-state index in [1.807, 2.05) is 36.4 Å². The van der Waals surface area contributed by atoms with Gasteiger partial charge < -0.3 is 18.6 Å². The molecule has 3 atom stereocenters. The molecule has 222 valence electrons. The third-order valence-corrected chi connectivity index (χ3v) is 25.2. The molecule has 0 bridgehead atoms. The van der Waals surface area contributed by atoms with E-state index in [1.165, 1.54) is 31.7 Å². The van der Waals surface area contributed by atoms with Gasteiger partial charge in [-0.2, -0.15) is 0 Å². The maximum absolute atomic E-state index is 12.7. The van der Waals surface area contributed by atoms with Crippen molar-refractivity contribution in [3.8, 4) is 17.2 Å². The van der Waals surface area contributed by atoms with Crippen molar-refractivity contribution in [2.45, 2.75) is 117 Å². The largest absolute Gasteiger partial charge is 0.494 e. The van der Waals surface area contributed by atoms with Gasteiger partial charge >= 0.3 is 5.97 Å². The summed E-state index contributed by atoms with van der Waals surface area (Å²) < 4.78 is 24.8. The average molecular weight is 585 g/mol. The average Bonchev–Trinajstić information content (AvgIpc) is 2.92. The van der Waals surface area contributed by atoms with E-state index in [0.717, 1.165) is 37.2 Å². The van der Waals surface area contributed by atoms with Gasteiger partial charge in [0.15, 0.2) is 7.83 Å². The minimum absolute atomic E-state index is 0.122. The number of hydrogen-bond donors (Lipinski definition) is 0. The second-order valence-corrected chi connectivity index (χ2v) is 27.6. The number of ether oxygens (including phenoxy) is 3. The number of carbonyl (C=O) groups excluding carboxylic acids is 1. The van der Waals surface area contributed by atoms with E-state index >= 15 is 0 Å². The first-order valence-corrected chi connectivity index (χ1v) is 22.6. The summed E-state index contributed by atoms with van der Waals surface area (Å²) >= 11 is 0. The molecule has 3 unspecified atom stereocenters. The van der Waals surface area contributed by atoms with Crippen molar-refractivity contribution in [1.29, 1.82) is 0 Å². The van der Waals surface area contributed by atoms with Gasteiger partial charge in [-0.3, -0.25) is 0 Å². The maximum atomic E-state index is 12.7. The van der Waals surface area contributed by atoms with Crippen LogP contribution in [0.25, 0.3) is 0 Å². The van der Waals surface area contributed by atoms with Crippen LogP contribution in [0.2, 0.25) is 32.2 Å². The molecule has 0 radical (unpaired) electrons. The highest BCUT2D eigenvalue weighted by Crippen LogP contribution is 2.40. The summed E-state index contributed by atoms with van der Waals surface area (Å²) in [6, 6.07) is 15.9. The molecule has 0 aromatic heterocycles.